The van der Waals surface area contributed by atoms with Crippen molar-refractivity contribution >= 4 is 27.3 Å². The van der Waals surface area contributed by atoms with Gasteiger partial charge in [0, 0.05) is 11.3 Å². The van der Waals surface area contributed by atoms with Crippen LogP contribution in [0.4, 0.5) is 11.4 Å². The molecule has 1 atom stereocenters. The first kappa shape index (κ1) is 20.7. The molecule has 0 aliphatic carbocycles. The summed E-state index contributed by atoms with van der Waals surface area (Å²) in [4.78, 5) is 12.6. The van der Waals surface area contributed by atoms with Crippen LogP contribution in [0, 0.1) is 0 Å². The Labute approximate surface area is 181 Å². The second-order valence-corrected chi connectivity index (χ2v) is 9.00. The van der Waals surface area contributed by atoms with Gasteiger partial charge in [-0.1, -0.05) is 12.1 Å². The van der Waals surface area contributed by atoms with Gasteiger partial charge >= 0.3 is 0 Å². The van der Waals surface area contributed by atoms with E-state index in [1.807, 2.05) is 13.0 Å². The van der Waals surface area contributed by atoms with Gasteiger partial charge in [-0.3, -0.25) is 9.10 Å². The number of methoxy groups -OCH3 is 1. The number of ether oxygens (including phenoxy) is 2. The van der Waals surface area contributed by atoms with E-state index in [4.69, 9.17) is 9.47 Å². The Morgan fingerprint density at radius 1 is 1.03 bits per heavy atom. The molecule has 0 bridgehead atoms. The zero-order valence-electron chi connectivity index (χ0n) is 17.1. The fourth-order valence-electron chi connectivity index (χ4n) is 3.36. The third kappa shape index (κ3) is 4.20. The summed E-state index contributed by atoms with van der Waals surface area (Å²) in [7, 11) is -2.23. The highest BCUT2D eigenvalue weighted by Crippen LogP contribution is 2.36. The number of hydrogen-bond donors (Lipinski definition) is 1. The molecule has 4 rings (SSSR count). The lowest BCUT2D eigenvalue weighted by Crippen LogP contribution is -2.42. The summed E-state index contributed by atoms with van der Waals surface area (Å²) in [6, 6.07) is 19.9. The number of benzene rings is 3. The molecule has 7 nitrogen and oxygen atoms in total. The standard InChI is InChI=1S/C23H22N2O5S/c1-16-15-25(21-5-3-4-6-22(21)30-16)31(27,28)20-13-9-18(10-14-20)24-23(26)17-7-11-19(29-2)12-8-17/h3-14,16H,15H2,1-2H3,(H,24,26). The minimum absolute atomic E-state index is 0.138. The van der Waals surface area contributed by atoms with E-state index < -0.39 is 10.0 Å². The van der Waals surface area contributed by atoms with E-state index in [9.17, 15) is 13.2 Å². The maximum atomic E-state index is 13.3. The summed E-state index contributed by atoms with van der Waals surface area (Å²) < 4.78 is 38.8. The Morgan fingerprint density at radius 3 is 2.39 bits per heavy atom. The van der Waals surface area contributed by atoms with Gasteiger partial charge < -0.3 is 14.8 Å². The van der Waals surface area contributed by atoms with Gasteiger partial charge in [0.25, 0.3) is 15.9 Å². The summed E-state index contributed by atoms with van der Waals surface area (Å²) in [6.07, 6.45) is -0.271. The number of carbonyl (C=O) groups excluding carboxylic acids is 1. The lowest BCUT2D eigenvalue weighted by Gasteiger charge is -2.34. The van der Waals surface area contributed by atoms with E-state index in [2.05, 4.69) is 5.32 Å². The van der Waals surface area contributed by atoms with Crippen LogP contribution in [0.15, 0.2) is 77.7 Å². The molecule has 0 saturated carbocycles. The molecule has 0 spiro atoms. The Kier molecular flexibility index (Phi) is 5.56. The average molecular weight is 439 g/mol. The molecular formula is C23H22N2O5S. The number of sulfonamides is 1. The lowest BCUT2D eigenvalue weighted by atomic mass is 10.2. The quantitative estimate of drug-likeness (QED) is 0.653. The Morgan fingerprint density at radius 2 is 1.71 bits per heavy atom. The van der Waals surface area contributed by atoms with Gasteiger partial charge in [0.15, 0.2) is 0 Å². The third-order valence-electron chi connectivity index (χ3n) is 4.94. The maximum absolute atomic E-state index is 13.3. The van der Waals surface area contributed by atoms with Gasteiger partial charge in [0.2, 0.25) is 0 Å². The number of hydrogen-bond acceptors (Lipinski definition) is 5. The van der Waals surface area contributed by atoms with Crippen LogP contribution in [0.1, 0.15) is 17.3 Å². The molecule has 1 N–H and O–H groups in total. The smallest absolute Gasteiger partial charge is 0.264 e. The van der Waals surface area contributed by atoms with Crippen LogP contribution < -0.4 is 19.1 Å². The van der Waals surface area contributed by atoms with Gasteiger partial charge in [0.05, 0.1) is 24.2 Å². The zero-order chi connectivity index (χ0) is 22.0. The predicted octanol–water partition coefficient (Wildman–Crippen LogP) is 3.92. The van der Waals surface area contributed by atoms with Crippen LogP contribution in [0.25, 0.3) is 0 Å². The monoisotopic (exact) mass is 438 g/mol. The number of nitrogens with one attached hydrogen (secondary N) is 1. The van der Waals surface area contributed by atoms with Crippen molar-refractivity contribution in [1.29, 1.82) is 0 Å². The molecule has 0 fully saturated rings. The second-order valence-electron chi connectivity index (χ2n) is 7.14. The largest absolute Gasteiger partial charge is 0.497 e. The third-order valence-corrected chi connectivity index (χ3v) is 6.73. The molecule has 0 radical (unpaired) electrons. The van der Waals surface area contributed by atoms with Gasteiger partial charge in [-0.2, -0.15) is 0 Å². The normalized spacial score (nSPS) is 15.5. The molecule has 1 heterocycles. The van der Waals surface area contributed by atoms with E-state index in [-0.39, 0.29) is 23.5 Å². The van der Waals surface area contributed by atoms with Crippen molar-refractivity contribution in [1.82, 2.24) is 0 Å². The van der Waals surface area contributed by atoms with E-state index in [0.717, 1.165) is 0 Å². The molecule has 31 heavy (non-hydrogen) atoms. The second kappa shape index (κ2) is 8.31. The molecule has 0 saturated heterocycles. The van der Waals surface area contributed by atoms with E-state index >= 15 is 0 Å². The van der Waals surface area contributed by atoms with Crippen molar-refractivity contribution in [2.75, 3.05) is 23.3 Å². The van der Waals surface area contributed by atoms with Gasteiger partial charge in [0.1, 0.15) is 17.6 Å². The molecule has 1 unspecified atom stereocenters. The minimum atomic E-state index is -3.79. The first-order chi connectivity index (χ1) is 14.9. The summed E-state index contributed by atoms with van der Waals surface area (Å²) in [5, 5.41) is 2.77. The molecule has 8 heteroatoms. The highest BCUT2D eigenvalue weighted by Gasteiger charge is 2.32. The highest BCUT2D eigenvalue weighted by molar-refractivity contribution is 7.92. The number of amides is 1. The molecule has 3 aromatic carbocycles. The molecule has 1 amide bonds. The molecule has 1 aliphatic heterocycles. The number of rotatable bonds is 5. The number of anilines is 2. The molecule has 160 valence electrons. The molecule has 3 aromatic rings. The first-order valence-electron chi connectivity index (χ1n) is 9.72. The van der Waals surface area contributed by atoms with Crippen LogP contribution in [0.5, 0.6) is 11.5 Å². The summed E-state index contributed by atoms with van der Waals surface area (Å²) in [5.41, 5.74) is 1.48. The number of para-hydroxylation sites is 2. The van der Waals surface area contributed by atoms with E-state index in [1.54, 1.807) is 61.7 Å². The van der Waals surface area contributed by atoms with Crippen molar-refractivity contribution in [3.63, 3.8) is 0 Å². The lowest BCUT2D eigenvalue weighted by molar-refractivity contribution is 0.102. The molecule has 1 aliphatic rings. The topological polar surface area (TPSA) is 84.9 Å². The number of fused-ring (bicyclic) bond motifs is 1. The van der Waals surface area contributed by atoms with Crippen molar-refractivity contribution in [2.24, 2.45) is 0 Å². The highest BCUT2D eigenvalue weighted by atomic mass is 32.2. The Hall–Kier alpha value is -3.52. The van der Waals surface area contributed by atoms with Crippen molar-refractivity contribution in [2.45, 2.75) is 17.9 Å². The number of carbonyl (C=O) groups is 1. The fourth-order valence-corrected chi connectivity index (χ4v) is 4.91. The molecular weight excluding hydrogens is 416 g/mol. The van der Waals surface area contributed by atoms with Gasteiger partial charge in [-0.05, 0) is 67.6 Å². The average Bonchev–Trinajstić information content (AvgIpc) is 2.79. The Bertz CT molecular complexity index is 1190. The SMILES string of the molecule is COc1ccc(C(=O)Nc2ccc(S(=O)(=O)N3CC(C)Oc4ccccc43)cc2)cc1. The van der Waals surface area contributed by atoms with Crippen LogP contribution in [-0.4, -0.2) is 34.1 Å². The maximum Gasteiger partial charge on any atom is 0.264 e. The summed E-state index contributed by atoms with van der Waals surface area (Å²) in [5.74, 6) is 0.896. The van der Waals surface area contributed by atoms with Crippen molar-refractivity contribution in [3.8, 4) is 11.5 Å². The van der Waals surface area contributed by atoms with Crippen LogP contribution in [-0.2, 0) is 10.0 Å². The van der Waals surface area contributed by atoms with E-state index in [1.165, 1.54) is 16.4 Å². The Balaban J connectivity index is 1.54. The van der Waals surface area contributed by atoms with Crippen LogP contribution >= 0.6 is 0 Å². The minimum Gasteiger partial charge on any atom is -0.497 e. The predicted molar refractivity (Wildman–Crippen MR) is 118 cm³/mol. The van der Waals surface area contributed by atoms with Gasteiger partial charge in [-0.25, -0.2) is 8.42 Å². The van der Waals surface area contributed by atoms with Crippen LogP contribution in [0.2, 0.25) is 0 Å². The van der Waals surface area contributed by atoms with Crippen molar-refractivity contribution < 1.29 is 22.7 Å². The fraction of sp³-hybridized carbons (Fsp3) is 0.174. The van der Waals surface area contributed by atoms with Crippen molar-refractivity contribution in [3.05, 3.63) is 78.4 Å². The van der Waals surface area contributed by atoms with E-state index in [0.29, 0.717) is 28.4 Å². The van der Waals surface area contributed by atoms with Crippen LogP contribution in [0.3, 0.4) is 0 Å². The molecule has 0 aromatic heterocycles. The zero-order valence-corrected chi connectivity index (χ0v) is 17.9. The summed E-state index contributed by atoms with van der Waals surface area (Å²) in [6.45, 7) is 2.05. The first-order valence-corrected chi connectivity index (χ1v) is 11.2. The van der Waals surface area contributed by atoms with Gasteiger partial charge in [-0.15, -0.1) is 0 Å². The number of nitrogens with zero attached hydrogens (tertiary/aromatic N) is 1. The summed E-state index contributed by atoms with van der Waals surface area (Å²) >= 11 is 0.